The maximum Gasteiger partial charge on any atom is 0.870 e. The van der Waals surface area contributed by atoms with Crippen molar-refractivity contribution in [1.82, 2.24) is 0 Å². The van der Waals surface area contributed by atoms with Gasteiger partial charge in [-0.25, -0.2) is 0 Å². The first-order chi connectivity index (χ1) is 13.1. The summed E-state index contributed by atoms with van der Waals surface area (Å²) >= 11 is 0. The summed E-state index contributed by atoms with van der Waals surface area (Å²) in [5.74, 6) is -4.65. The fraction of sp³-hybridized carbons (Fsp3) is 0.750. The molecule has 0 aliphatic heterocycles. The van der Waals surface area contributed by atoms with Crippen LogP contribution in [0.25, 0.3) is 0 Å². The van der Waals surface area contributed by atoms with Crippen molar-refractivity contribution in [2.24, 2.45) is 0 Å². The van der Waals surface area contributed by atoms with Crippen molar-refractivity contribution in [2.45, 2.75) is 24.4 Å². The van der Waals surface area contributed by atoms with Crippen LogP contribution in [0, 0.1) is 0 Å². The quantitative estimate of drug-likeness (QED) is 0.141. The molecule has 0 aromatic carbocycles. The molecule has 15 nitrogen and oxygen atoms in total. The molecule has 16 heteroatoms. The van der Waals surface area contributed by atoms with E-state index in [0.717, 1.165) is 0 Å². The van der Waals surface area contributed by atoms with Crippen LogP contribution in [0.4, 0.5) is 0 Å². The van der Waals surface area contributed by atoms with Gasteiger partial charge in [0.25, 0.3) is 0 Å². The third-order valence-electron chi connectivity index (χ3n) is 2.39. The Morgan fingerprint density at radius 2 is 0.821 bits per heavy atom. The van der Waals surface area contributed by atoms with E-state index in [0.29, 0.717) is 0 Å². The summed E-state index contributed by atoms with van der Waals surface area (Å²) in [6.45, 7) is -3.88. The zero-order chi connectivity index (χ0) is 22.3. The van der Waals surface area contributed by atoms with Crippen molar-refractivity contribution >= 4 is 25.2 Å². The standard InChI is InChI=1S/C9H15BO12.C3H8O3/c11-1-4(14)7(17)20-10(21-8(18)5(15)2-12)22-9(19)6(16)3-13;4-1-3(6)2-5/h4-6,11-16H,1-3H2;3-6H,1-2H2. The second kappa shape index (κ2) is 16.1. The summed E-state index contributed by atoms with van der Waals surface area (Å²) in [6, 6.07) is 0. The summed E-state index contributed by atoms with van der Waals surface area (Å²) in [7, 11) is -2.43. The predicted molar refractivity (Wildman–Crippen MR) is 83.5 cm³/mol. The smallest absolute Gasteiger partial charge is 0.460 e. The maximum absolute atomic E-state index is 11.2. The van der Waals surface area contributed by atoms with Crippen LogP contribution >= 0.6 is 0 Å². The van der Waals surface area contributed by atoms with Crippen LogP contribution in [-0.2, 0) is 28.3 Å². The van der Waals surface area contributed by atoms with Crippen LogP contribution in [0.2, 0.25) is 0 Å². The van der Waals surface area contributed by atoms with Gasteiger partial charge in [0.2, 0.25) is 0 Å². The van der Waals surface area contributed by atoms with Crippen LogP contribution in [0.5, 0.6) is 0 Å². The van der Waals surface area contributed by atoms with Gasteiger partial charge in [0.05, 0.1) is 33.0 Å². The molecule has 0 saturated carbocycles. The molecule has 0 bridgehead atoms. The molecule has 164 valence electrons. The number of hydrogen-bond donors (Lipinski definition) is 9. The van der Waals surface area contributed by atoms with Crippen molar-refractivity contribution in [3.8, 4) is 0 Å². The van der Waals surface area contributed by atoms with Crippen molar-refractivity contribution in [3.05, 3.63) is 0 Å². The molecule has 3 atom stereocenters. The van der Waals surface area contributed by atoms with Crippen LogP contribution in [0.1, 0.15) is 0 Å². The van der Waals surface area contributed by atoms with Gasteiger partial charge in [-0.2, -0.15) is 0 Å². The van der Waals surface area contributed by atoms with Crippen molar-refractivity contribution in [3.63, 3.8) is 0 Å². The van der Waals surface area contributed by atoms with Crippen LogP contribution in [0.15, 0.2) is 0 Å². The fourth-order valence-electron chi connectivity index (χ4n) is 0.874. The summed E-state index contributed by atoms with van der Waals surface area (Å²) in [6.07, 6.45) is -7.06. The van der Waals surface area contributed by atoms with E-state index >= 15 is 0 Å². The highest BCUT2D eigenvalue weighted by Crippen LogP contribution is 2.02. The lowest BCUT2D eigenvalue weighted by molar-refractivity contribution is -0.160. The van der Waals surface area contributed by atoms with E-state index in [1.807, 2.05) is 0 Å². The van der Waals surface area contributed by atoms with Crippen molar-refractivity contribution in [2.75, 3.05) is 33.0 Å². The fourth-order valence-corrected chi connectivity index (χ4v) is 0.874. The largest absolute Gasteiger partial charge is 0.870 e. The van der Waals surface area contributed by atoms with Gasteiger partial charge in [0, 0.05) is 0 Å². The molecule has 0 aromatic heterocycles. The monoisotopic (exact) mass is 418 g/mol. The Morgan fingerprint density at radius 1 is 0.571 bits per heavy atom. The number of rotatable bonds is 11. The second-order valence-corrected chi connectivity index (χ2v) is 4.71. The van der Waals surface area contributed by atoms with E-state index in [4.69, 9.17) is 46.0 Å². The Labute approximate surface area is 158 Å². The minimum absolute atomic E-state index is 0.365. The lowest BCUT2D eigenvalue weighted by atomic mass is 10.2. The number of hydrogen-bond acceptors (Lipinski definition) is 15. The lowest BCUT2D eigenvalue weighted by Crippen LogP contribution is -2.43. The number of carbonyl (C=O) groups is 3. The molecule has 3 unspecified atom stereocenters. The second-order valence-electron chi connectivity index (χ2n) is 4.71. The molecule has 9 N–H and O–H groups in total. The molecule has 0 aromatic rings. The Bertz CT molecular complexity index is 399. The van der Waals surface area contributed by atoms with Crippen molar-refractivity contribution in [1.29, 1.82) is 0 Å². The molecule has 0 heterocycles. The van der Waals surface area contributed by atoms with E-state index in [1.165, 1.54) is 0 Å². The van der Waals surface area contributed by atoms with Gasteiger partial charge in [-0.15, -0.1) is 0 Å². The molecular formula is C12H23BO15. The molecule has 0 fully saturated rings. The van der Waals surface area contributed by atoms with E-state index in [9.17, 15) is 14.4 Å². The predicted octanol–water partition coefficient (Wildman–Crippen LogP) is -7.01. The third kappa shape index (κ3) is 12.5. The minimum atomic E-state index is -2.43. The summed E-state index contributed by atoms with van der Waals surface area (Å²) in [5.41, 5.74) is 0. The molecule has 0 saturated heterocycles. The highest BCUT2D eigenvalue weighted by atomic mass is 16.8. The van der Waals surface area contributed by atoms with E-state index in [1.54, 1.807) is 0 Å². The molecule has 0 rings (SSSR count). The van der Waals surface area contributed by atoms with Gasteiger partial charge >= 0.3 is 25.2 Å². The van der Waals surface area contributed by atoms with Gasteiger partial charge in [0.1, 0.15) is 6.10 Å². The highest BCUT2D eigenvalue weighted by Gasteiger charge is 2.40. The van der Waals surface area contributed by atoms with Crippen LogP contribution in [0.3, 0.4) is 0 Å². The molecule has 0 aliphatic rings. The highest BCUT2D eigenvalue weighted by molar-refractivity contribution is 6.44. The first-order valence-corrected chi connectivity index (χ1v) is 7.45. The summed E-state index contributed by atoms with van der Waals surface area (Å²) < 4.78 is 12.6. The first kappa shape index (κ1) is 28.3. The molecule has 0 radical (unpaired) electrons. The van der Waals surface area contributed by atoms with Gasteiger partial charge in [-0.05, 0) is 0 Å². The third-order valence-corrected chi connectivity index (χ3v) is 2.39. The van der Waals surface area contributed by atoms with Crippen LogP contribution in [-0.4, -0.2) is 129 Å². The van der Waals surface area contributed by atoms with Gasteiger partial charge < -0.3 is 59.9 Å². The van der Waals surface area contributed by atoms with Crippen LogP contribution < -0.4 is 0 Å². The molecular weight excluding hydrogens is 395 g/mol. The SMILES string of the molecule is O=C(OB(OC(=O)C(O)CO)OC(=O)C(O)CO)C(O)CO.OCC(O)CO. The van der Waals surface area contributed by atoms with Gasteiger partial charge in [-0.1, -0.05) is 0 Å². The molecule has 0 aliphatic carbocycles. The Balaban J connectivity index is 0. The Hall–Kier alpha value is -1.89. The lowest BCUT2D eigenvalue weighted by Gasteiger charge is -2.17. The maximum atomic E-state index is 11.2. The zero-order valence-electron chi connectivity index (χ0n) is 14.4. The average Bonchev–Trinajstić information content (AvgIpc) is 2.70. The number of aliphatic hydroxyl groups excluding tert-OH is 9. The summed E-state index contributed by atoms with van der Waals surface area (Å²) in [4.78, 5) is 33.6. The molecule has 0 spiro atoms. The zero-order valence-corrected chi connectivity index (χ0v) is 14.4. The van der Waals surface area contributed by atoms with Gasteiger partial charge in [-0.3, -0.25) is 14.4 Å². The molecule has 0 amide bonds. The Kier molecular flexibility index (Phi) is 16.3. The molecule has 28 heavy (non-hydrogen) atoms. The summed E-state index contributed by atoms with van der Waals surface area (Å²) in [5, 5.41) is 76.5. The first-order valence-electron chi connectivity index (χ1n) is 7.45. The topological polar surface area (TPSA) is 261 Å². The van der Waals surface area contributed by atoms with Crippen molar-refractivity contribution < 1.29 is 74.3 Å². The minimum Gasteiger partial charge on any atom is -0.460 e. The normalized spacial score (nSPS) is 13.5. The number of carbonyl (C=O) groups excluding carboxylic acids is 3. The Morgan fingerprint density at radius 3 is 0.964 bits per heavy atom. The van der Waals surface area contributed by atoms with Gasteiger partial charge in [0.15, 0.2) is 18.3 Å². The van der Waals surface area contributed by atoms with E-state index < -0.39 is 69.5 Å². The average molecular weight is 418 g/mol. The van der Waals surface area contributed by atoms with E-state index in [-0.39, 0.29) is 13.2 Å². The van der Waals surface area contributed by atoms with E-state index in [2.05, 4.69) is 14.0 Å². The number of aliphatic hydroxyl groups is 9.